The molecule has 8 heteroatoms. The van der Waals surface area contributed by atoms with Gasteiger partial charge >= 0.3 is 0 Å². The van der Waals surface area contributed by atoms with Crippen LogP contribution in [-0.4, -0.2) is 32.4 Å². The molecule has 0 aliphatic carbocycles. The number of carbonyl (C=O) groups is 1. The molecule has 0 saturated carbocycles. The van der Waals surface area contributed by atoms with E-state index < -0.39 is 4.92 Å². The summed E-state index contributed by atoms with van der Waals surface area (Å²) in [5, 5.41) is 17.4. The van der Waals surface area contributed by atoms with Crippen LogP contribution in [0.5, 0.6) is 0 Å². The number of nitro groups is 1. The first-order chi connectivity index (χ1) is 11.5. The first-order valence-electron chi connectivity index (χ1n) is 7.62. The zero-order chi connectivity index (χ0) is 17.5. The van der Waals surface area contributed by atoms with Crippen molar-refractivity contribution in [1.29, 1.82) is 0 Å². The number of nitrogens with zero attached hydrogens (tertiary/aromatic N) is 3. The molecule has 0 aliphatic heterocycles. The molecule has 0 bridgehead atoms. The van der Waals surface area contributed by atoms with Crippen molar-refractivity contribution in [3.63, 3.8) is 0 Å². The summed E-state index contributed by atoms with van der Waals surface area (Å²) >= 11 is 1.38. The number of benzene rings is 1. The maximum Gasteiger partial charge on any atom is 0.269 e. The smallest absolute Gasteiger partial charge is 0.269 e. The molecule has 0 radical (unpaired) electrons. The fraction of sp³-hybridized carbons (Fsp3) is 0.375. The average molecular weight is 348 g/mol. The zero-order valence-corrected chi connectivity index (χ0v) is 14.4. The summed E-state index contributed by atoms with van der Waals surface area (Å²) in [7, 11) is 0. The Bertz CT molecular complexity index is 673. The van der Waals surface area contributed by atoms with Crippen LogP contribution in [0.25, 0.3) is 0 Å². The molecule has 0 saturated heterocycles. The van der Waals surface area contributed by atoms with Crippen molar-refractivity contribution in [2.45, 2.75) is 30.5 Å². The van der Waals surface area contributed by atoms with E-state index in [2.05, 4.69) is 17.3 Å². The summed E-state index contributed by atoms with van der Waals surface area (Å²) in [4.78, 5) is 23.2. The molecule has 0 spiro atoms. The maximum absolute atomic E-state index is 12.2. The molecule has 2 atom stereocenters. The van der Waals surface area contributed by atoms with Crippen LogP contribution in [-0.2, 0) is 11.3 Å². The van der Waals surface area contributed by atoms with Gasteiger partial charge in [-0.25, -0.2) is 0 Å². The number of carbonyl (C=O) groups excluding carboxylic acids is 1. The van der Waals surface area contributed by atoms with Crippen molar-refractivity contribution >= 4 is 23.4 Å². The molecule has 7 nitrogen and oxygen atoms in total. The van der Waals surface area contributed by atoms with E-state index >= 15 is 0 Å². The highest BCUT2D eigenvalue weighted by Gasteiger charge is 2.16. The van der Waals surface area contributed by atoms with E-state index in [4.69, 9.17) is 0 Å². The second-order valence-electron chi connectivity index (χ2n) is 5.59. The Morgan fingerprint density at radius 1 is 1.38 bits per heavy atom. The molecular weight excluding hydrogens is 328 g/mol. The van der Waals surface area contributed by atoms with Crippen molar-refractivity contribution < 1.29 is 9.72 Å². The molecule has 1 aromatic carbocycles. The molecule has 1 N–H and O–H groups in total. The Balaban J connectivity index is 1.78. The largest absolute Gasteiger partial charge is 0.355 e. The minimum atomic E-state index is -0.439. The second kappa shape index (κ2) is 8.49. The van der Waals surface area contributed by atoms with Crippen LogP contribution in [0.3, 0.4) is 0 Å². The van der Waals surface area contributed by atoms with Crippen molar-refractivity contribution in [3.8, 4) is 0 Å². The summed E-state index contributed by atoms with van der Waals surface area (Å²) in [5.74, 6) is 0.219. The number of hydrogen-bond donors (Lipinski definition) is 1. The minimum absolute atomic E-state index is 0.0453. The highest BCUT2D eigenvalue weighted by molar-refractivity contribution is 8.00. The van der Waals surface area contributed by atoms with Gasteiger partial charge in [-0.2, -0.15) is 5.10 Å². The number of hydrogen-bond acceptors (Lipinski definition) is 5. The zero-order valence-electron chi connectivity index (χ0n) is 13.6. The monoisotopic (exact) mass is 348 g/mol. The third-order valence-electron chi connectivity index (χ3n) is 3.41. The van der Waals surface area contributed by atoms with Crippen LogP contribution in [0.4, 0.5) is 5.69 Å². The predicted octanol–water partition coefficient (Wildman–Crippen LogP) is 2.72. The van der Waals surface area contributed by atoms with Gasteiger partial charge in [-0.15, -0.1) is 11.8 Å². The van der Waals surface area contributed by atoms with Crippen LogP contribution >= 0.6 is 11.8 Å². The summed E-state index contributed by atoms with van der Waals surface area (Å²) in [6, 6.07) is 8.08. The number of nitrogens with one attached hydrogen (secondary N) is 1. The highest BCUT2D eigenvalue weighted by Crippen LogP contribution is 2.25. The fourth-order valence-corrected chi connectivity index (χ4v) is 3.01. The first-order valence-corrected chi connectivity index (χ1v) is 8.50. The molecule has 1 aromatic heterocycles. The molecule has 128 valence electrons. The number of aromatic nitrogens is 2. The fourth-order valence-electron chi connectivity index (χ4n) is 2.11. The van der Waals surface area contributed by atoms with Crippen molar-refractivity contribution in [2.75, 3.05) is 6.54 Å². The Hall–Kier alpha value is -2.35. The van der Waals surface area contributed by atoms with E-state index in [1.807, 2.05) is 23.9 Å². The van der Waals surface area contributed by atoms with Crippen LogP contribution in [0.15, 0.2) is 47.6 Å². The average Bonchev–Trinajstić information content (AvgIpc) is 3.06. The third kappa shape index (κ3) is 5.38. The van der Waals surface area contributed by atoms with E-state index in [9.17, 15) is 14.9 Å². The lowest BCUT2D eigenvalue weighted by molar-refractivity contribution is -0.384. The van der Waals surface area contributed by atoms with Crippen LogP contribution in [0.2, 0.25) is 0 Å². The van der Waals surface area contributed by atoms with Gasteiger partial charge in [-0.05, 0) is 31.0 Å². The first kappa shape index (κ1) is 18.0. The summed E-state index contributed by atoms with van der Waals surface area (Å²) < 4.78 is 1.84. The second-order valence-corrected chi connectivity index (χ2v) is 7.00. The van der Waals surface area contributed by atoms with E-state index in [0.717, 1.165) is 11.4 Å². The lowest BCUT2D eigenvalue weighted by Gasteiger charge is -2.15. The SMILES string of the molecule is CC(CNC(=O)C(C)Sc1ccc([N+](=O)[O-])cc1)Cn1cccn1. The van der Waals surface area contributed by atoms with Gasteiger partial charge in [0.2, 0.25) is 5.91 Å². The molecular formula is C16H20N4O3S. The molecule has 2 aromatic rings. The number of thioether (sulfide) groups is 1. The molecule has 24 heavy (non-hydrogen) atoms. The van der Waals surface area contributed by atoms with Gasteiger partial charge < -0.3 is 5.32 Å². The van der Waals surface area contributed by atoms with Crippen molar-refractivity contribution in [2.24, 2.45) is 5.92 Å². The van der Waals surface area contributed by atoms with Crippen molar-refractivity contribution in [3.05, 3.63) is 52.8 Å². The molecule has 1 amide bonds. The summed E-state index contributed by atoms with van der Waals surface area (Å²) in [5.41, 5.74) is 0.0453. The minimum Gasteiger partial charge on any atom is -0.355 e. The van der Waals surface area contributed by atoms with Crippen molar-refractivity contribution in [1.82, 2.24) is 15.1 Å². The summed E-state index contributed by atoms with van der Waals surface area (Å²) in [6.45, 7) is 5.19. The lowest BCUT2D eigenvalue weighted by atomic mass is 10.2. The lowest BCUT2D eigenvalue weighted by Crippen LogP contribution is -2.35. The Labute approximate surface area is 144 Å². The van der Waals surface area contributed by atoms with Gasteiger partial charge in [0.1, 0.15) is 0 Å². The molecule has 2 unspecified atom stereocenters. The number of nitro benzene ring substituents is 1. The maximum atomic E-state index is 12.2. The molecule has 0 fully saturated rings. The number of non-ortho nitro benzene ring substituents is 1. The standard InChI is InChI=1S/C16H20N4O3S/c1-12(11-19-9-3-8-18-19)10-17-16(21)13(2)24-15-6-4-14(5-7-15)20(22)23/h3-9,12-13H,10-11H2,1-2H3,(H,17,21). The number of rotatable bonds is 8. The van der Waals surface area contributed by atoms with Crippen LogP contribution in [0.1, 0.15) is 13.8 Å². The van der Waals surface area contributed by atoms with Crippen LogP contribution < -0.4 is 5.32 Å². The Kier molecular flexibility index (Phi) is 6.36. The van der Waals surface area contributed by atoms with E-state index in [1.54, 1.807) is 18.3 Å². The van der Waals surface area contributed by atoms with Gasteiger partial charge in [-0.1, -0.05) is 6.92 Å². The van der Waals surface area contributed by atoms with Gasteiger partial charge in [0.25, 0.3) is 5.69 Å². The summed E-state index contributed by atoms with van der Waals surface area (Å²) in [6.07, 6.45) is 3.62. The van der Waals surface area contributed by atoms with E-state index in [-0.39, 0.29) is 22.8 Å². The van der Waals surface area contributed by atoms with Gasteiger partial charge in [-0.3, -0.25) is 19.6 Å². The molecule has 0 aliphatic rings. The third-order valence-corrected chi connectivity index (χ3v) is 4.52. The quantitative estimate of drug-likeness (QED) is 0.450. The van der Waals surface area contributed by atoms with E-state index in [1.165, 1.54) is 23.9 Å². The van der Waals surface area contributed by atoms with E-state index in [0.29, 0.717) is 6.54 Å². The van der Waals surface area contributed by atoms with Gasteiger partial charge in [0.05, 0.1) is 10.2 Å². The van der Waals surface area contributed by atoms with Gasteiger partial charge in [0.15, 0.2) is 0 Å². The topological polar surface area (TPSA) is 90.1 Å². The predicted molar refractivity (Wildman–Crippen MR) is 92.8 cm³/mol. The molecule has 2 rings (SSSR count). The Morgan fingerprint density at radius 3 is 2.67 bits per heavy atom. The Morgan fingerprint density at radius 2 is 2.08 bits per heavy atom. The highest BCUT2D eigenvalue weighted by atomic mass is 32.2. The normalized spacial score (nSPS) is 13.2. The number of amides is 1. The van der Waals surface area contributed by atoms with Gasteiger partial charge in [0, 0.05) is 42.5 Å². The van der Waals surface area contributed by atoms with Crippen LogP contribution in [0, 0.1) is 16.0 Å². The molecule has 1 heterocycles.